The van der Waals surface area contributed by atoms with Crippen LogP contribution in [0.1, 0.15) is 25.3 Å². The molecule has 0 aliphatic rings. The average molecular weight is 265 g/mol. The maximum Gasteiger partial charge on any atom is 0.294 e. The van der Waals surface area contributed by atoms with Gasteiger partial charge in [-0.15, -0.1) is 0 Å². The van der Waals surface area contributed by atoms with E-state index in [1.165, 1.54) is 12.1 Å². The van der Waals surface area contributed by atoms with Gasteiger partial charge in [0, 0.05) is 5.69 Å². The summed E-state index contributed by atoms with van der Waals surface area (Å²) in [5.41, 5.74) is 7.63. The number of anilines is 1. The number of rotatable bonds is 2. The highest BCUT2D eigenvalue weighted by Gasteiger charge is 2.13. The zero-order chi connectivity index (χ0) is 13.5. The largest absolute Gasteiger partial charge is 0.398 e. The molecular weight excluding hydrogens is 250 g/mol. The molecule has 0 radical (unpaired) electrons. The van der Waals surface area contributed by atoms with E-state index in [4.69, 9.17) is 10.3 Å². The Morgan fingerprint density at radius 2 is 1.83 bits per heavy atom. The van der Waals surface area contributed by atoms with Crippen molar-refractivity contribution in [3.8, 4) is 0 Å². The predicted octanol–water partition coefficient (Wildman–Crippen LogP) is 2.79. The molecule has 0 spiro atoms. The molecule has 2 aromatic rings. The minimum absolute atomic E-state index is 0.102. The number of fused-ring (bicyclic) bond motifs is 1. The lowest BCUT2D eigenvalue weighted by Crippen LogP contribution is -2.00. The minimum Gasteiger partial charge on any atom is -0.398 e. The number of nitrogens with two attached hydrogens (primary N) is 1. The summed E-state index contributed by atoms with van der Waals surface area (Å²) in [7, 11) is -4.17. The molecule has 96 valence electrons. The van der Waals surface area contributed by atoms with Crippen LogP contribution < -0.4 is 5.73 Å². The Kier molecular flexibility index (Phi) is 3.04. The van der Waals surface area contributed by atoms with Crippen LogP contribution in [0.2, 0.25) is 0 Å². The second-order valence-corrected chi connectivity index (χ2v) is 6.00. The number of benzene rings is 2. The van der Waals surface area contributed by atoms with Gasteiger partial charge in [0.1, 0.15) is 0 Å². The van der Waals surface area contributed by atoms with Crippen molar-refractivity contribution in [1.29, 1.82) is 0 Å². The Balaban J connectivity index is 2.79. The standard InChI is InChI=1S/C13H15NO3S/c1-8(2)13-11-5-4-10(18(15,16)17)7-9(11)3-6-12(13)14/h3-8H,14H2,1-2H3,(H,15,16,17). The molecule has 0 aromatic heterocycles. The molecule has 5 heteroatoms. The second kappa shape index (κ2) is 4.26. The van der Waals surface area contributed by atoms with Crippen LogP contribution in [0, 0.1) is 0 Å². The summed E-state index contributed by atoms with van der Waals surface area (Å²) in [5, 5.41) is 1.67. The summed E-state index contributed by atoms with van der Waals surface area (Å²) in [6, 6.07) is 8.04. The maximum atomic E-state index is 11.1. The van der Waals surface area contributed by atoms with E-state index in [1.54, 1.807) is 18.2 Å². The molecule has 0 unspecified atom stereocenters. The molecule has 0 atom stereocenters. The van der Waals surface area contributed by atoms with Gasteiger partial charge in [-0.1, -0.05) is 26.0 Å². The first-order valence-corrected chi connectivity index (χ1v) is 7.04. The van der Waals surface area contributed by atoms with Gasteiger partial charge in [-0.2, -0.15) is 8.42 Å². The van der Waals surface area contributed by atoms with Crippen molar-refractivity contribution >= 4 is 26.6 Å². The summed E-state index contributed by atoms with van der Waals surface area (Å²) in [5.74, 6) is 0.241. The van der Waals surface area contributed by atoms with Gasteiger partial charge in [-0.3, -0.25) is 4.55 Å². The molecule has 0 bridgehead atoms. The topological polar surface area (TPSA) is 80.4 Å². The molecule has 2 rings (SSSR count). The lowest BCUT2D eigenvalue weighted by Gasteiger charge is -2.13. The van der Waals surface area contributed by atoms with Crippen molar-refractivity contribution in [3.63, 3.8) is 0 Å². The zero-order valence-electron chi connectivity index (χ0n) is 10.2. The van der Waals surface area contributed by atoms with Crippen LogP contribution >= 0.6 is 0 Å². The molecule has 0 heterocycles. The summed E-state index contributed by atoms with van der Waals surface area (Å²) < 4.78 is 31.2. The Morgan fingerprint density at radius 3 is 2.39 bits per heavy atom. The third kappa shape index (κ3) is 2.19. The normalized spacial score (nSPS) is 12.2. The molecule has 3 N–H and O–H groups in total. The lowest BCUT2D eigenvalue weighted by molar-refractivity contribution is 0.483. The highest BCUT2D eigenvalue weighted by molar-refractivity contribution is 7.85. The van der Waals surface area contributed by atoms with Crippen molar-refractivity contribution in [2.24, 2.45) is 0 Å². The van der Waals surface area contributed by atoms with E-state index in [2.05, 4.69) is 0 Å². The van der Waals surface area contributed by atoms with Gasteiger partial charge in [0.25, 0.3) is 10.1 Å². The van der Waals surface area contributed by atoms with E-state index in [0.717, 1.165) is 16.3 Å². The first kappa shape index (κ1) is 12.9. The van der Waals surface area contributed by atoms with Crippen LogP contribution in [0.25, 0.3) is 10.8 Å². The third-order valence-electron chi connectivity index (χ3n) is 2.94. The summed E-state index contributed by atoms with van der Waals surface area (Å²) in [4.78, 5) is -0.102. The molecule has 2 aromatic carbocycles. The van der Waals surface area contributed by atoms with Gasteiger partial charge < -0.3 is 5.73 Å². The van der Waals surface area contributed by atoms with E-state index in [1.807, 2.05) is 13.8 Å². The lowest BCUT2D eigenvalue weighted by atomic mass is 9.94. The molecule has 0 saturated heterocycles. The summed E-state index contributed by atoms with van der Waals surface area (Å²) in [6.45, 7) is 4.06. The average Bonchev–Trinajstić information content (AvgIpc) is 2.26. The highest BCUT2D eigenvalue weighted by Crippen LogP contribution is 2.31. The number of hydrogen-bond acceptors (Lipinski definition) is 3. The first-order valence-electron chi connectivity index (χ1n) is 5.60. The molecule has 18 heavy (non-hydrogen) atoms. The first-order chi connectivity index (χ1) is 8.30. The van der Waals surface area contributed by atoms with Crippen molar-refractivity contribution < 1.29 is 13.0 Å². The number of nitrogen functional groups attached to an aromatic ring is 1. The fraction of sp³-hybridized carbons (Fsp3) is 0.231. The third-order valence-corrected chi connectivity index (χ3v) is 3.79. The Bertz CT molecular complexity index is 705. The van der Waals surface area contributed by atoms with Gasteiger partial charge in [0.2, 0.25) is 0 Å². The van der Waals surface area contributed by atoms with E-state index in [-0.39, 0.29) is 10.8 Å². The molecule has 0 amide bonds. The van der Waals surface area contributed by atoms with Gasteiger partial charge in [-0.25, -0.2) is 0 Å². The van der Waals surface area contributed by atoms with Crippen molar-refractivity contribution in [2.45, 2.75) is 24.7 Å². The van der Waals surface area contributed by atoms with E-state index in [9.17, 15) is 8.42 Å². The SMILES string of the molecule is CC(C)c1c(N)ccc2cc(S(=O)(=O)O)ccc12. The van der Waals surface area contributed by atoms with E-state index >= 15 is 0 Å². The molecule has 0 saturated carbocycles. The molecule has 0 aliphatic heterocycles. The van der Waals surface area contributed by atoms with Crippen LogP contribution in [0.15, 0.2) is 35.2 Å². The highest BCUT2D eigenvalue weighted by atomic mass is 32.2. The van der Waals surface area contributed by atoms with Crippen molar-refractivity contribution in [3.05, 3.63) is 35.9 Å². The van der Waals surface area contributed by atoms with Crippen molar-refractivity contribution in [1.82, 2.24) is 0 Å². The van der Waals surface area contributed by atoms with Crippen LogP contribution in [-0.2, 0) is 10.1 Å². The van der Waals surface area contributed by atoms with Crippen LogP contribution in [0.3, 0.4) is 0 Å². The summed E-state index contributed by atoms with van der Waals surface area (Å²) >= 11 is 0. The van der Waals surface area contributed by atoms with Gasteiger partial charge in [0.15, 0.2) is 0 Å². The van der Waals surface area contributed by atoms with Crippen LogP contribution in [-0.4, -0.2) is 13.0 Å². The molecule has 0 fully saturated rings. The Morgan fingerprint density at radius 1 is 1.17 bits per heavy atom. The fourth-order valence-electron chi connectivity index (χ4n) is 2.15. The molecular formula is C13H15NO3S. The van der Waals surface area contributed by atoms with Crippen molar-refractivity contribution in [2.75, 3.05) is 5.73 Å². The van der Waals surface area contributed by atoms with Gasteiger partial charge in [0.05, 0.1) is 4.90 Å². The maximum absolute atomic E-state index is 11.1. The smallest absolute Gasteiger partial charge is 0.294 e. The van der Waals surface area contributed by atoms with Gasteiger partial charge in [-0.05, 0) is 40.5 Å². The number of hydrogen-bond donors (Lipinski definition) is 2. The molecule has 0 aliphatic carbocycles. The Hall–Kier alpha value is -1.59. The monoisotopic (exact) mass is 265 g/mol. The van der Waals surface area contributed by atoms with Crippen LogP contribution in [0.4, 0.5) is 5.69 Å². The second-order valence-electron chi connectivity index (χ2n) is 4.58. The van der Waals surface area contributed by atoms with E-state index < -0.39 is 10.1 Å². The summed E-state index contributed by atoms with van der Waals surface area (Å²) in [6.07, 6.45) is 0. The quantitative estimate of drug-likeness (QED) is 0.646. The van der Waals surface area contributed by atoms with Crippen LogP contribution in [0.5, 0.6) is 0 Å². The Labute approximate surface area is 106 Å². The van der Waals surface area contributed by atoms with Gasteiger partial charge >= 0.3 is 0 Å². The molecule has 4 nitrogen and oxygen atoms in total. The predicted molar refractivity (Wildman–Crippen MR) is 72.3 cm³/mol. The fourth-order valence-corrected chi connectivity index (χ4v) is 2.67. The minimum atomic E-state index is -4.17. The van der Waals surface area contributed by atoms with E-state index in [0.29, 0.717) is 5.69 Å². The zero-order valence-corrected chi connectivity index (χ0v) is 11.0.